The van der Waals surface area contributed by atoms with Crippen LogP contribution in [0.3, 0.4) is 0 Å². The van der Waals surface area contributed by atoms with E-state index in [0.29, 0.717) is 0 Å². The minimum atomic E-state index is -0.239. The van der Waals surface area contributed by atoms with Gasteiger partial charge in [-0.2, -0.15) is 0 Å². The first-order chi connectivity index (χ1) is 20.5. The Hall–Kier alpha value is -3.49. The van der Waals surface area contributed by atoms with Crippen LogP contribution in [0.2, 0.25) is 0 Å². The molecule has 0 aliphatic carbocycles. The van der Waals surface area contributed by atoms with Crippen LogP contribution in [0.5, 0.6) is 0 Å². The number of piperazine rings is 2. The van der Waals surface area contributed by atoms with E-state index >= 15 is 0 Å². The normalized spacial score (nSPS) is 17.0. The minimum Gasteiger partial charge on any atom is -0.314 e. The number of halogens is 3. The van der Waals surface area contributed by atoms with Crippen molar-refractivity contribution in [2.24, 2.45) is 0 Å². The van der Waals surface area contributed by atoms with Crippen LogP contribution in [-0.4, -0.2) is 62.2 Å². The number of rotatable bonds is 6. The zero-order chi connectivity index (χ0) is 29.3. The predicted molar refractivity (Wildman–Crippen MR) is 163 cm³/mol. The van der Waals surface area contributed by atoms with E-state index in [9.17, 15) is 13.2 Å². The summed E-state index contributed by atoms with van der Waals surface area (Å²) in [6, 6.07) is 29.0. The van der Waals surface area contributed by atoms with Crippen molar-refractivity contribution >= 4 is 0 Å². The minimum absolute atomic E-state index is 0.0355. The van der Waals surface area contributed by atoms with Gasteiger partial charge < -0.3 is 10.6 Å². The third kappa shape index (κ3) is 7.86. The molecule has 2 aliphatic rings. The second-order valence-corrected chi connectivity index (χ2v) is 10.9. The van der Waals surface area contributed by atoms with Gasteiger partial charge in [-0.15, -0.1) is 0 Å². The fraction of sp³-hybridized carbons (Fsp3) is 0.314. The van der Waals surface area contributed by atoms with E-state index in [1.165, 1.54) is 35.4 Å². The highest BCUT2D eigenvalue weighted by molar-refractivity contribution is 5.34. The Kier molecular flexibility index (Phi) is 10.4. The molecule has 6 rings (SSSR count). The van der Waals surface area contributed by atoms with Crippen LogP contribution >= 0.6 is 0 Å². The SMILES string of the molecule is Cc1ccc(C(c2ccc(F)cc2)N2CCNCC2)cc1.Fc1ccc(C(c2ccc(F)cc2)N2CCNCC2)cc1. The van der Waals surface area contributed by atoms with Crippen LogP contribution in [0.15, 0.2) is 97.1 Å². The van der Waals surface area contributed by atoms with E-state index in [1.807, 2.05) is 36.4 Å². The van der Waals surface area contributed by atoms with Crippen molar-refractivity contribution in [2.45, 2.75) is 19.0 Å². The number of hydrogen-bond acceptors (Lipinski definition) is 4. The molecule has 4 aromatic carbocycles. The zero-order valence-corrected chi connectivity index (χ0v) is 24.1. The standard InChI is InChI=1S/C18H21FN2.C17H18F2N2/c1-14-2-4-15(5-3-14)18(21-12-10-20-11-13-21)16-6-8-17(19)9-7-16;18-15-5-1-13(2-6-15)17(21-11-9-20-10-12-21)14-3-7-16(19)8-4-14/h2-9,18,20H,10-13H2,1H3;1-8,17,20H,9-12H2. The molecule has 0 saturated carbocycles. The van der Waals surface area contributed by atoms with Crippen molar-refractivity contribution in [2.75, 3.05) is 52.4 Å². The summed E-state index contributed by atoms with van der Waals surface area (Å²) in [5.74, 6) is -0.657. The quantitative estimate of drug-likeness (QED) is 0.293. The van der Waals surface area contributed by atoms with Gasteiger partial charge in [-0.25, -0.2) is 13.2 Å². The van der Waals surface area contributed by atoms with Gasteiger partial charge in [-0.3, -0.25) is 9.80 Å². The first-order valence-corrected chi connectivity index (χ1v) is 14.7. The molecular formula is C35H39F3N4. The number of benzene rings is 4. The lowest BCUT2D eigenvalue weighted by molar-refractivity contribution is 0.198. The lowest BCUT2D eigenvalue weighted by Gasteiger charge is -2.35. The van der Waals surface area contributed by atoms with Crippen molar-refractivity contribution in [3.8, 4) is 0 Å². The second-order valence-electron chi connectivity index (χ2n) is 10.9. The Bertz CT molecular complexity index is 1160. The summed E-state index contributed by atoms with van der Waals surface area (Å²) in [6.45, 7) is 9.82. The molecule has 42 heavy (non-hydrogen) atoms. The molecular weight excluding hydrogens is 533 g/mol. The molecule has 0 bridgehead atoms. The number of aryl methyl sites for hydroxylation is 1. The molecule has 0 aromatic heterocycles. The molecule has 2 heterocycles. The van der Waals surface area contributed by atoms with Gasteiger partial charge in [0.05, 0.1) is 12.1 Å². The van der Waals surface area contributed by atoms with Gasteiger partial charge in [0.25, 0.3) is 0 Å². The van der Waals surface area contributed by atoms with Crippen molar-refractivity contribution < 1.29 is 13.2 Å². The van der Waals surface area contributed by atoms with Crippen molar-refractivity contribution in [1.29, 1.82) is 0 Å². The van der Waals surface area contributed by atoms with Crippen LogP contribution in [0.4, 0.5) is 13.2 Å². The molecule has 0 radical (unpaired) electrons. The number of nitrogens with zero attached hydrogens (tertiary/aromatic N) is 2. The molecule has 220 valence electrons. The summed E-state index contributed by atoms with van der Waals surface area (Å²) in [6.07, 6.45) is 0. The summed E-state index contributed by atoms with van der Waals surface area (Å²) in [4.78, 5) is 4.81. The molecule has 7 heteroatoms. The highest BCUT2D eigenvalue weighted by Gasteiger charge is 2.25. The van der Waals surface area contributed by atoms with E-state index in [2.05, 4.69) is 51.6 Å². The van der Waals surface area contributed by atoms with Crippen LogP contribution in [0, 0.1) is 24.4 Å². The van der Waals surface area contributed by atoms with Gasteiger partial charge in [0.1, 0.15) is 17.5 Å². The fourth-order valence-electron chi connectivity index (χ4n) is 5.79. The first kappa shape index (κ1) is 30.0. The van der Waals surface area contributed by atoms with E-state index < -0.39 is 0 Å². The largest absolute Gasteiger partial charge is 0.314 e. The molecule has 4 nitrogen and oxygen atoms in total. The van der Waals surface area contributed by atoms with Gasteiger partial charge in [0.15, 0.2) is 0 Å². The Balaban J connectivity index is 0.000000168. The summed E-state index contributed by atoms with van der Waals surface area (Å²) in [5.41, 5.74) is 5.75. The van der Waals surface area contributed by atoms with Crippen LogP contribution < -0.4 is 10.6 Å². The fourth-order valence-corrected chi connectivity index (χ4v) is 5.79. The van der Waals surface area contributed by atoms with Gasteiger partial charge in [0.2, 0.25) is 0 Å². The Labute approximate surface area is 247 Å². The number of hydrogen-bond donors (Lipinski definition) is 2. The zero-order valence-electron chi connectivity index (χ0n) is 24.1. The van der Waals surface area contributed by atoms with Gasteiger partial charge >= 0.3 is 0 Å². The van der Waals surface area contributed by atoms with Crippen LogP contribution in [0.1, 0.15) is 39.9 Å². The molecule has 2 aliphatic heterocycles. The maximum atomic E-state index is 13.2. The van der Waals surface area contributed by atoms with E-state index in [-0.39, 0.29) is 29.5 Å². The molecule has 0 amide bonds. The van der Waals surface area contributed by atoms with Crippen molar-refractivity contribution in [1.82, 2.24) is 20.4 Å². The smallest absolute Gasteiger partial charge is 0.123 e. The topological polar surface area (TPSA) is 30.5 Å². The van der Waals surface area contributed by atoms with Gasteiger partial charge in [0, 0.05) is 52.4 Å². The summed E-state index contributed by atoms with van der Waals surface area (Å²) in [7, 11) is 0. The molecule has 2 N–H and O–H groups in total. The summed E-state index contributed by atoms with van der Waals surface area (Å²) < 4.78 is 39.6. The van der Waals surface area contributed by atoms with Crippen molar-refractivity contribution in [3.05, 3.63) is 142 Å². The second kappa shape index (κ2) is 14.6. The maximum Gasteiger partial charge on any atom is 0.123 e. The van der Waals surface area contributed by atoms with Crippen LogP contribution in [-0.2, 0) is 0 Å². The van der Waals surface area contributed by atoms with Crippen molar-refractivity contribution in [3.63, 3.8) is 0 Å². The molecule has 2 saturated heterocycles. The summed E-state index contributed by atoms with van der Waals surface area (Å²) in [5, 5.41) is 6.72. The summed E-state index contributed by atoms with van der Waals surface area (Å²) >= 11 is 0. The lowest BCUT2D eigenvalue weighted by Crippen LogP contribution is -2.45. The molecule has 4 aromatic rings. The molecule has 1 unspecified atom stereocenters. The molecule has 0 spiro atoms. The predicted octanol–water partition coefficient (Wildman–Crippen LogP) is 6.09. The van der Waals surface area contributed by atoms with E-state index in [1.54, 1.807) is 12.1 Å². The average Bonchev–Trinajstić information content (AvgIpc) is 3.03. The highest BCUT2D eigenvalue weighted by atomic mass is 19.1. The third-order valence-corrected chi connectivity index (χ3v) is 7.98. The lowest BCUT2D eigenvalue weighted by atomic mass is 9.95. The van der Waals surface area contributed by atoms with E-state index in [0.717, 1.165) is 69.0 Å². The molecule has 1 atom stereocenters. The monoisotopic (exact) mass is 572 g/mol. The van der Waals surface area contributed by atoms with E-state index in [4.69, 9.17) is 0 Å². The maximum absolute atomic E-state index is 13.2. The van der Waals surface area contributed by atoms with Gasteiger partial charge in [-0.1, -0.05) is 66.2 Å². The van der Waals surface area contributed by atoms with Crippen LogP contribution in [0.25, 0.3) is 0 Å². The average molecular weight is 573 g/mol. The number of nitrogens with one attached hydrogen (secondary N) is 2. The third-order valence-electron chi connectivity index (χ3n) is 7.98. The first-order valence-electron chi connectivity index (χ1n) is 14.7. The Morgan fingerprint density at radius 1 is 0.452 bits per heavy atom. The van der Waals surface area contributed by atoms with Gasteiger partial charge in [-0.05, 0) is 65.6 Å². The Morgan fingerprint density at radius 2 is 0.714 bits per heavy atom. The molecule has 2 fully saturated rings. The highest BCUT2D eigenvalue weighted by Crippen LogP contribution is 2.30. The Morgan fingerprint density at radius 3 is 1.00 bits per heavy atom.